The Bertz CT molecular complexity index is 1050. The van der Waals surface area contributed by atoms with Crippen LogP contribution < -0.4 is 4.72 Å². The Morgan fingerprint density at radius 2 is 1.84 bits per heavy atom. The fraction of sp³-hybridized carbons (Fsp3) is 0.364. The minimum Gasteiger partial charge on any atom is -0.394 e. The first-order valence-electron chi connectivity index (χ1n) is 10.5. The SMILES string of the molecule is CCN(CC)S(=O)(=O)NC(=NCCO)N1CC(c2ccccc2)C(c2ccc(Cl)cc2)=N1. The standard InChI is InChI=1S/C22H28ClN5O3S/c1-3-27(4-2)32(30,31)26-22(24-14-15-29)28-16-20(17-8-6-5-7-9-17)21(25-28)18-10-12-19(23)13-11-18/h5-13,20,29H,3-4,14-16H2,1-2H3,(H,24,26). The van der Waals surface area contributed by atoms with Gasteiger partial charge < -0.3 is 5.11 Å². The summed E-state index contributed by atoms with van der Waals surface area (Å²) in [6.45, 7) is 4.43. The van der Waals surface area contributed by atoms with E-state index in [9.17, 15) is 13.5 Å². The molecule has 0 aliphatic carbocycles. The minimum absolute atomic E-state index is 0.0500. The number of hydrazone groups is 1. The highest BCUT2D eigenvalue weighted by Gasteiger charge is 2.33. The van der Waals surface area contributed by atoms with Gasteiger partial charge in [0.1, 0.15) is 0 Å². The van der Waals surface area contributed by atoms with E-state index in [4.69, 9.17) is 16.7 Å². The van der Waals surface area contributed by atoms with Crippen molar-refractivity contribution >= 4 is 33.5 Å². The van der Waals surface area contributed by atoms with E-state index in [2.05, 4.69) is 9.71 Å². The molecular weight excluding hydrogens is 450 g/mol. The molecule has 10 heteroatoms. The van der Waals surface area contributed by atoms with Crippen molar-refractivity contribution in [2.75, 3.05) is 32.8 Å². The summed E-state index contributed by atoms with van der Waals surface area (Å²) in [7, 11) is -3.82. The molecule has 3 rings (SSSR count). The van der Waals surface area contributed by atoms with Crippen LogP contribution in [0, 0.1) is 0 Å². The van der Waals surface area contributed by atoms with Gasteiger partial charge in [0.25, 0.3) is 0 Å². The highest BCUT2D eigenvalue weighted by molar-refractivity contribution is 7.87. The lowest BCUT2D eigenvalue weighted by Crippen LogP contribution is -2.48. The van der Waals surface area contributed by atoms with Crippen LogP contribution in [-0.2, 0) is 10.2 Å². The number of nitrogens with one attached hydrogen (secondary N) is 1. The summed E-state index contributed by atoms with van der Waals surface area (Å²) in [5.74, 6) is -0.0227. The molecule has 172 valence electrons. The lowest BCUT2D eigenvalue weighted by atomic mass is 9.91. The van der Waals surface area contributed by atoms with Crippen LogP contribution in [0.2, 0.25) is 5.02 Å². The molecule has 0 amide bonds. The highest BCUT2D eigenvalue weighted by Crippen LogP contribution is 2.29. The molecule has 1 aliphatic rings. The lowest BCUT2D eigenvalue weighted by molar-refractivity contribution is 0.305. The van der Waals surface area contributed by atoms with E-state index in [1.807, 2.05) is 42.5 Å². The molecule has 1 aliphatic heterocycles. The first-order valence-corrected chi connectivity index (χ1v) is 12.3. The van der Waals surface area contributed by atoms with Crippen molar-refractivity contribution in [3.63, 3.8) is 0 Å². The van der Waals surface area contributed by atoms with Crippen molar-refractivity contribution in [2.24, 2.45) is 10.1 Å². The molecule has 8 nitrogen and oxygen atoms in total. The lowest BCUT2D eigenvalue weighted by Gasteiger charge is -2.24. The summed E-state index contributed by atoms with van der Waals surface area (Å²) in [6.07, 6.45) is 0. The Labute approximate surface area is 194 Å². The van der Waals surface area contributed by atoms with Crippen molar-refractivity contribution < 1.29 is 13.5 Å². The summed E-state index contributed by atoms with van der Waals surface area (Å²) in [4.78, 5) is 4.28. The average Bonchev–Trinajstić information content (AvgIpc) is 3.23. The third kappa shape index (κ3) is 5.66. The molecule has 2 aromatic carbocycles. The van der Waals surface area contributed by atoms with E-state index < -0.39 is 10.2 Å². The number of benzene rings is 2. The van der Waals surface area contributed by atoms with Gasteiger partial charge in [-0.05, 0) is 23.3 Å². The number of halogens is 1. The highest BCUT2D eigenvalue weighted by atomic mass is 35.5. The van der Waals surface area contributed by atoms with Crippen LogP contribution >= 0.6 is 11.6 Å². The van der Waals surface area contributed by atoms with Crippen molar-refractivity contribution in [2.45, 2.75) is 19.8 Å². The molecule has 0 radical (unpaired) electrons. The number of aliphatic hydroxyl groups is 1. The number of aliphatic hydroxyl groups excluding tert-OH is 1. The van der Waals surface area contributed by atoms with E-state index in [-0.39, 0.29) is 25.0 Å². The Hall–Kier alpha value is -2.46. The predicted octanol–water partition coefficient (Wildman–Crippen LogP) is 2.67. The molecule has 0 spiro atoms. The van der Waals surface area contributed by atoms with Crippen LogP contribution in [0.5, 0.6) is 0 Å². The summed E-state index contributed by atoms with van der Waals surface area (Å²) >= 11 is 6.06. The van der Waals surface area contributed by atoms with E-state index in [0.29, 0.717) is 24.7 Å². The Morgan fingerprint density at radius 1 is 1.19 bits per heavy atom. The normalized spacial score (nSPS) is 17.0. The van der Waals surface area contributed by atoms with E-state index in [1.54, 1.807) is 31.0 Å². The van der Waals surface area contributed by atoms with Gasteiger partial charge in [-0.15, -0.1) is 0 Å². The second-order valence-electron chi connectivity index (χ2n) is 7.16. The topological polar surface area (TPSA) is 97.6 Å². The largest absolute Gasteiger partial charge is 0.394 e. The second-order valence-corrected chi connectivity index (χ2v) is 9.26. The summed E-state index contributed by atoms with van der Waals surface area (Å²) in [6, 6.07) is 17.3. The monoisotopic (exact) mass is 477 g/mol. The summed E-state index contributed by atoms with van der Waals surface area (Å²) in [5, 5.41) is 16.2. The van der Waals surface area contributed by atoms with E-state index >= 15 is 0 Å². The number of hydrogen-bond acceptors (Lipinski definition) is 5. The molecule has 0 saturated carbocycles. The maximum atomic E-state index is 12.8. The minimum atomic E-state index is -3.82. The fourth-order valence-electron chi connectivity index (χ4n) is 3.53. The van der Waals surface area contributed by atoms with Crippen LogP contribution in [0.1, 0.15) is 30.9 Å². The van der Waals surface area contributed by atoms with Gasteiger partial charge in [0.05, 0.1) is 25.4 Å². The molecule has 0 aromatic heterocycles. The Morgan fingerprint density at radius 3 is 2.44 bits per heavy atom. The zero-order chi connectivity index (χ0) is 23.1. The average molecular weight is 478 g/mol. The number of hydrogen-bond donors (Lipinski definition) is 2. The molecule has 32 heavy (non-hydrogen) atoms. The van der Waals surface area contributed by atoms with Crippen molar-refractivity contribution in [1.82, 2.24) is 14.0 Å². The van der Waals surface area contributed by atoms with Gasteiger partial charge in [-0.2, -0.15) is 17.8 Å². The number of rotatable bonds is 8. The molecule has 0 saturated heterocycles. The Kier molecular flexibility index (Phi) is 8.25. The van der Waals surface area contributed by atoms with Gasteiger partial charge in [-0.25, -0.2) is 14.7 Å². The molecule has 1 heterocycles. The van der Waals surface area contributed by atoms with E-state index in [1.165, 1.54) is 4.31 Å². The van der Waals surface area contributed by atoms with Gasteiger partial charge in [0.15, 0.2) is 0 Å². The van der Waals surface area contributed by atoms with Crippen molar-refractivity contribution in [3.8, 4) is 0 Å². The van der Waals surface area contributed by atoms with Crippen LogP contribution in [-0.4, -0.2) is 67.3 Å². The first-order chi connectivity index (χ1) is 15.4. The fourth-order valence-corrected chi connectivity index (χ4v) is 4.86. The molecule has 0 bridgehead atoms. The van der Waals surface area contributed by atoms with Gasteiger partial charge in [-0.3, -0.25) is 0 Å². The zero-order valence-corrected chi connectivity index (χ0v) is 19.7. The quantitative estimate of drug-likeness (QED) is 0.451. The van der Waals surface area contributed by atoms with E-state index in [0.717, 1.165) is 16.8 Å². The van der Waals surface area contributed by atoms with Gasteiger partial charge in [0, 0.05) is 24.0 Å². The number of nitrogens with zero attached hydrogens (tertiary/aromatic N) is 4. The molecule has 2 N–H and O–H groups in total. The summed E-state index contributed by atoms with van der Waals surface area (Å²) < 4.78 is 29.6. The van der Waals surface area contributed by atoms with Crippen LogP contribution in [0.4, 0.5) is 0 Å². The predicted molar refractivity (Wildman–Crippen MR) is 128 cm³/mol. The first kappa shape index (κ1) is 24.2. The molecule has 2 aromatic rings. The van der Waals surface area contributed by atoms with Gasteiger partial charge >= 0.3 is 10.2 Å². The smallest absolute Gasteiger partial charge is 0.303 e. The van der Waals surface area contributed by atoms with Crippen molar-refractivity contribution in [1.29, 1.82) is 0 Å². The Balaban J connectivity index is 2.00. The summed E-state index contributed by atoms with van der Waals surface area (Å²) in [5.41, 5.74) is 2.72. The third-order valence-electron chi connectivity index (χ3n) is 5.13. The third-order valence-corrected chi connectivity index (χ3v) is 7.02. The maximum absolute atomic E-state index is 12.8. The van der Waals surface area contributed by atoms with Crippen LogP contribution in [0.15, 0.2) is 64.7 Å². The number of aliphatic imine (C=N–C) groups is 1. The zero-order valence-electron chi connectivity index (χ0n) is 18.1. The second kappa shape index (κ2) is 10.9. The van der Waals surface area contributed by atoms with Gasteiger partial charge in [-0.1, -0.05) is 67.9 Å². The van der Waals surface area contributed by atoms with Crippen LogP contribution in [0.25, 0.3) is 0 Å². The van der Waals surface area contributed by atoms with Gasteiger partial charge in [0.2, 0.25) is 5.96 Å². The molecule has 1 unspecified atom stereocenters. The maximum Gasteiger partial charge on any atom is 0.303 e. The molecular formula is C22H28ClN5O3S. The van der Waals surface area contributed by atoms with Crippen molar-refractivity contribution in [3.05, 3.63) is 70.7 Å². The molecule has 0 fully saturated rings. The number of guanidine groups is 1. The molecule has 1 atom stereocenters. The van der Waals surface area contributed by atoms with Crippen LogP contribution in [0.3, 0.4) is 0 Å².